The summed E-state index contributed by atoms with van der Waals surface area (Å²) < 4.78 is 15.2. The molecule has 0 bridgehead atoms. The lowest BCUT2D eigenvalue weighted by atomic mass is 10.1. The van der Waals surface area contributed by atoms with Gasteiger partial charge in [0, 0.05) is 24.6 Å². The van der Waals surface area contributed by atoms with Crippen molar-refractivity contribution in [1.29, 1.82) is 0 Å². The lowest BCUT2D eigenvalue weighted by Crippen LogP contribution is -2.19. The standard InChI is InChI=1S/C16H20N2O4S/c1-20-6-7-22-11-15(19)18-16-17-10-14(23-16)9-12-4-3-5-13(8-12)21-2/h3-5,8,10H,6-7,9,11H2,1-2H3,(H,17,18,19). The Morgan fingerprint density at radius 3 is 2.96 bits per heavy atom. The molecule has 7 heteroatoms. The lowest BCUT2D eigenvalue weighted by molar-refractivity contribution is -0.121. The molecule has 2 aromatic rings. The van der Waals surface area contributed by atoms with E-state index in [9.17, 15) is 4.79 Å². The molecular weight excluding hydrogens is 316 g/mol. The van der Waals surface area contributed by atoms with E-state index in [0.29, 0.717) is 18.3 Å². The largest absolute Gasteiger partial charge is 0.497 e. The fraction of sp³-hybridized carbons (Fsp3) is 0.375. The topological polar surface area (TPSA) is 69.7 Å². The molecule has 2 rings (SSSR count). The van der Waals surface area contributed by atoms with Crippen LogP contribution in [-0.2, 0) is 20.7 Å². The van der Waals surface area contributed by atoms with Crippen molar-refractivity contribution in [2.45, 2.75) is 6.42 Å². The van der Waals surface area contributed by atoms with Crippen molar-refractivity contribution in [2.24, 2.45) is 0 Å². The maximum atomic E-state index is 11.7. The van der Waals surface area contributed by atoms with Gasteiger partial charge in [0.2, 0.25) is 0 Å². The smallest absolute Gasteiger partial charge is 0.252 e. The molecule has 1 heterocycles. The molecule has 23 heavy (non-hydrogen) atoms. The minimum atomic E-state index is -0.219. The Bertz CT molecular complexity index is 630. The van der Waals surface area contributed by atoms with Crippen molar-refractivity contribution in [2.75, 3.05) is 39.4 Å². The van der Waals surface area contributed by atoms with Crippen LogP contribution in [0, 0.1) is 0 Å². The van der Waals surface area contributed by atoms with E-state index in [-0.39, 0.29) is 12.5 Å². The van der Waals surface area contributed by atoms with E-state index in [0.717, 1.165) is 22.6 Å². The zero-order valence-electron chi connectivity index (χ0n) is 13.2. The fourth-order valence-corrected chi connectivity index (χ4v) is 2.76. The van der Waals surface area contributed by atoms with Crippen molar-refractivity contribution in [3.8, 4) is 5.75 Å². The first-order chi connectivity index (χ1) is 11.2. The number of carbonyl (C=O) groups excluding carboxylic acids is 1. The number of benzene rings is 1. The van der Waals surface area contributed by atoms with Gasteiger partial charge in [0.05, 0.1) is 20.3 Å². The van der Waals surface area contributed by atoms with E-state index in [1.54, 1.807) is 20.4 Å². The molecule has 1 aromatic carbocycles. The number of nitrogens with zero attached hydrogens (tertiary/aromatic N) is 1. The summed E-state index contributed by atoms with van der Waals surface area (Å²) in [6.07, 6.45) is 2.51. The van der Waals surface area contributed by atoms with Crippen LogP contribution < -0.4 is 10.1 Å². The van der Waals surface area contributed by atoms with E-state index < -0.39 is 0 Å². The predicted octanol–water partition coefficient (Wildman–Crippen LogP) is 2.34. The molecule has 1 N–H and O–H groups in total. The van der Waals surface area contributed by atoms with Gasteiger partial charge in [0.15, 0.2) is 5.13 Å². The zero-order valence-corrected chi connectivity index (χ0v) is 14.0. The van der Waals surface area contributed by atoms with Crippen LogP contribution in [0.4, 0.5) is 5.13 Å². The molecule has 0 spiro atoms. The summed E-state index contributed by atoms with van der Waals surface area (Å²) in [5.74, 6) is 0.608. The maximum Gasteiger partial charge on any atom is 0.252 e. The van der Waals surface area contributed by atoms with Gasteiger partial charge in [-0.25, -0.2) is 4.98 Å². The van der Waals surface area contributed by atoms with Crippen molar-refractivity contribution in [3.05, 3.63) is 40.9 Å². The summed E-state index contributed by atoms with van der Waals surface area (Å²) in [4.78, 5) is 17.0. The van der Waals surface area contributed by atoms with Gasteiger partial charge in [-0.3, -0.25) is 10.1 Å². The van der Waals surface area contributed by atoms with Gasteiger partial charge in [-0.1, -0.05) is 12.1 Å². The highest BCUT2D eigenvalue weighted by atomic mass is 32.1. The summed E-state index contributed by atoms with van der Waals surface area (Å²) >= 11 is 1.45. The maximum absolute atomic E-state index is 11.7. The van der Waals surface area contributed by atoms with Crippen LogP contribution >= 0.6 is 11.3 Å². The van der Waals surface area contributed by atoms with Crippen molar-refractivity contribution in [3.63, 3.8) is 0 Å². The number of methoxy groups -OCH3 is 2. The van der Waals surface area contributed by atoms with Gasteiger partial charge in [-0.2, -0.15) is 0 Å². The third-order valence-electron chi connectivity index (χ3n) is 2.98. The molecule has 0 aliphatic heterocycles. The minimum absolute atomic E-state index is 0.00580. The number of hydrogen-bond acceptors (Lipinski definition) is 6. The molecule has 0 radical (unpaired) electrons. The summed E-state index contributed by atoms with van der Waals surface area (Å²) in [6.45, 7) is 0.853. The van der Waals surface area contributed by atoms with Crippen LogP contribution in [0.3, 0.4) is 0 Å². The Morgan fingerprint density at radius 2 is 2.17 bits per heavy atom. The average Bonchev–Trinajstić information content (AvgIpc) is 2.98. The van der Waals surface area contributed by atoms with Gasteiger partial charge >= 0.3 is 0 Å². The van der Waals surface area contributed by atoms with Crippen molar-refractivity contribution < 1.29 is 19.0 Å². The lowest BCUT2D eigenvalue weighted by Gasteiger charge is -2.03. The number of aromatic nitrogens is 1. The average molecular weight is 336 g/mol. The molecule has 0 unspecified atom stereocenters. The molecule has 0 saturated heterocycles. The fourth-order valence-electron chi connectivity index (χ4n) is 1.89. The molecular formula is C16H20N2O4S. The second-order valence-electron chi connectivity index (χ2n) is 4.75. The van der Waals surface area contributed by atoms with Gasteiger partial charge in [0.25, 0.3) is 5.91 Å². The number of nitrogens with one attached hydrogen (secondary N) is 1. The second-order valence-corrected chi connectivity index (χ2v) is 5.87. The monoisotopic (exact) mass is 336 g/mol. The molecule has 0 aliphatic rings. The number of rotatable bonds is 9. The van der Waals surface area contributed by atoms with Gasteiger partial charge in [-0.15, -0.1) is 11.3 Å². The summed E-state index contributed by atoms with van der Waals surface area (Å²) in [7, 11) is 3.23. The van der Waals surface area contributed by atoms with Gasteiger partial charge < -0.3 is 14.2 Å². The molecule has 1 amide bonds. The highest BCUT2D eigenvalue weighted by Crippen LogP contribution is 2.22. The molecule has 124 valence electrons. The Kier molecular flexibility index (Phi) is 6.99. The predicted molar refractivity (Wildman–Crippen MR) is 89.2 cm³/mol. The Balaban J connectivity index is 1.84. The molecule has 0 aliphatic carbocycles. The second kappa shape index (κ2) is 9.24. The van der Waals surface area contributed by atoms with Crippen LogP contribution in [0.5, 0.6) is 5.75 Å². The Labute approximate surface area is 139 Å². The first-order valence-electron chi connectivity index (χ1n) is 7.15. The van der Waals surface area contributed by atoms with Crippen LogP contribution in [0.15, 0.2) is 30.5 Å². The first-order valence-corrected chi connectivity index (χ1v) is 7.97. The minimum Gasteiger partial charge on any atom is -0.497 e. The van der Waals surface area contributed by atoms with Crippen LogP contribution in [-0.4, -0.2) is 44.9 Å². The zero-order chi connectivity index (χ0) is 16.5. The summed E-state index contributed by atoms with van der Waals surface area (Å²) in [5, 5.41) is 3.30. The quantitative estimate of drug-likeness (QED) is 0.712. The molecule has 0 fully saturated rings. The molecule has 0 atom stereocenters. The van der Waals surface area contributed by atoms with Crippen LogP contribution in [0.1, 0.15) is 10.4 Å². The number of ether oxygens (including phenoxy) is 3. The highest BCUT2D eigenvalue weighted by Gasteiger charge is 2.08. The third-order valence-corrected chi connectivity index (χ3v) is 3.89. The van der Waals surface area contributed by atoms with Gasteiger partial charge in [0.1, 0.15) is 12.4 Å². The van der Waals surface area contributed by atoms with E-state index >= 15 is 0 Å². The number of carbonyl (C=O) groups is 1. The summed E-state index contributed by atoms with van der Waals surface area (Å²) in [6, 6.07) is 7.88. The Morgan fingerprint density at radius 1 is 1.30 bits per heavy atom. The number of amides is 1. The van der Waals surface area contributed by atoms with E-state index in [1.165, 1.54) is 11.3 Å². The number of hydrogen-bond donors (Lipinski definition) is 1. The number of thiazole rings is 1. The molecule has 0 saturated carbocycles. The highest BCUT2D eigenvalue weighted by molar-refractivity contribution is 7.15. The van der Waals surface area contributed by atoms with E-state index in [4.69, 9.17) is 14.2 Å². The first kappa shape index (κ1) is 17.4. The van der Waals surface area contributed by atoms with Crippen LogP contribution in [0.2, 0.25) is 0 Å². The number of anilines is 1. The van der Waals surface area contributed by atoms with Crippen LogP contribution in [0.25, 0.3) is 0 Å². The van der Waals surface area contributed by atoms with E-state index in [2.05, 4.69) is 10.3 Å². The van der Waals surface area contributed by atoms with Gasteiger partial charge in [-0.05, 0) is 17.7 Å². The van der Waals surface area contributed by atoms with E-state index in [1.807, 2.05) is 24.3 Å². The molecule has 6 nitrogen and oxygen atoms in total. The summed E-state index contributed by atoms with van der Waals surface area (Å²) in [5.41, 5.74) is 1.13. The van der Waals surface area contributed by atoms with Crippen molar-refractivity contribution >= 4 is 22.4 Å². The van der Waals surface area contributed by atoms with Crippen molar-refractivity contribution in [1.82, 2.24) is 4.98 Å². The normalized spacial score (nSPS) is 10.5. The Hall–Kier alpha value is -1.96. The molecule has 1 aromatic heterocycles. The third kappa shape index (κ3) is 5.97. The SMILES string of the molecule is COCCOCC(=O)Nc1ncc(Cc2cccc(OC)c2)s1.